The second kappa shape index (κ2) is 8.46. The van der Waals surface area contributed by atoms with Gasteiger partial charge in [0, 0.05) is 13.1 Å². The first-order valence-corrected chi connectivity index (χ1v) is 6.79. The molecule has 17 heavy (non-hydrogen) atoms. The monoisotopic (exact) mass is 227 g/mol. The van der Waals surface area contributed by atoms with E-state index in [0.29, 0.717) is 13.2 Å². The van der Waals surface area contributed by atoms with Gasteiger partial charge in [0.2, 0.25) is 0 Å². The van der Waals surface area contributed by atoms with Crippen LogP contribution in [0.5, 0.6) is 0 Å². The Kier molecular flexibility index (Phi) is 7.19. The van der Waals surface area contributed by atoms with Crippen molar-refractivity contribution < 1.29 is 4.74 Å². The normalized spacial score (nSPS) is 10.1. The van der Waals surface area contributed by atoms with Crippen LogP contribution in [0.1, 0.15) is 20.8 Å². The lowest BCUT2D eigenvalue weighted by molar-refractivity contribution is 0.192. The summed E-state index contributed by atoms with van der Waals surface area (Å²) in [5.41, 5.74) is 1.42. The molecule has 0 aromatic heterocycles. The molecule has 1 aromatic carbocycles. The van der Waals surface area contributed by atoms with E-state index in [0.717, 1.165) is 25.8 Å². The van der Waals surface area contributed by atoms with E-state index in [-0.39, 0.29) is 0 Å². The summed E-state index contributed by atoms with van der Waals surface area (Å²) in [4.78, 5) is 0. The number of hydrogen-bond acceptors (Lipinski definition) is 1. The average Bonchev–Trinajstić information content (AvgIpc) is 2.40. The lowest BCUT2D eigenvalue weighted by Gasteiger charge is -2.16. The molecule has 0 bridgehead atoms. The van der Waals surface area contributed by atoms with Crippen molar-refractivity contribution >= 4 is 25.7 Å². The Hall–Kier alpha value is -0.625. The van der Waals surface area contributed by atoms with Crippen molar-refractivity contribution in [2.24, 2.45) is 0 Å². The predicted molar refractivity (Wildman–Crippen MR) is 80.8 cm³/mol. The molecule has 0 saturated heterocycles. The highest BCUT2D eigenvalue weighted by molar-refractivity contribution is 7.44. The third kappa shape index (κ3) is 5.03. The summed E-state index contributed by atoms with van der Waals surface area (Å²) >= 11 is 0. The minimum absolute atomic E-state index is 0.557. The number of hydrogen-bond donors (Lipinski definition) is 0. The molecular formula is C13H22B3O. The van der Waals surface area contributed by atoms with Crippen molar-refractivity contribution in [2.75, 3.05) is 13.1 Å². The van der Waals surface area contributed by atoms with Gasteiger partial charge in [0.05, 0.1) is 7.06 Å². The van der Waals surface area contributed by atoms with Crippen molar-refractivity contribution in [1.29, 1.82) is 0 Å². The van der Waals surface area contributed by atoms with Gasteiger partial charge in [0.25, 0.3) is 0 Å². The molecule has 1 nitrogen and oxygen atoms in total. The van der Waals surface area contributed by atoms with Crippen molar-refractivity contribution in [3.05, 3.63) is 30.3 Å². The molecule has 0 fully saturated rings. The Bertz CT molecular complexity index is 292. The Morgan fingerprint density at radius 3 is 2.29 bits per heavy atom. The maximum Gasteiger partial charge on any atom is 0.128 e. The summed E-state index contributed by atoms with van der Waals surface area (Å²) < 4.78 is 5.54. The van der Waals surface area contributed by atoms with Gasteiger partial charge < -0.3 is 4.74 Å². The molecule has 0 atom stereocenters. The highest BCUT2D eigenvalue weighted by atomic mass is 16.5. The Morgan fingerprint density at radius 2 is 1.76 bits per heavy atom. The van der Waals surface area contributed by atoms with Gasteiger partial charge in [-0.05, 0) is 6.92 Å². The minimum Gasteiger partial charge on any atom is -0.391 e. The molecule has 89 valence electrons. The van der Waals surface area contributed by atoms with E-state index in [1.54, 1.807) is 0 Å². The van der Waals surface area contributed by atoms with E-state index in [9.17, 15) is 0 Å². The molecule has 0 unspecified atom stereocenters. The van der Waals surface area contributed by atoms with Gasteiger partial charge in [-0.2, -0.15) is 0 Å². The Balaban J connectivity index is 2.56. The minimum atomic E-state index is 0.557. The summed E-state index contributed by atoms with van der Waals surface area (Å²) in [6.45, 7) is 9.34. The van der Waals surface area contributed by atoms with Gasteiger partial charge in [-0.15, -0.1) is 0 Å². The Morgan fingerprint density at radius 1 is 1.06 bits per heavy atom. The van der Waals surface area contributed by atoms with Gasteiger partial charge in [0.1, 0.15) is 13.2 Å². The summed E-state index contributed by atoms with van der Waals surface area (Å²) in [5.74, 6) is 0. The molecule has 0 N–H and O–H groups in total. The van der Waals surface area contributed by atoms with E-state index < -0.39 is 0 Å². The molecule has 1 radical (unpaired) electrons. The lowest BCUT2D eigenvalue weighted by atomic mass is 8.98. The highest BCUT2D eigenvalue weighted by Gasteiger charge is 2.21. The smallest absolute Gasteiger partial charge is 0.128 e. The number of ether oxygens (including phenoxy) is 1. The van der Waals surface area contributed by atoms with Crippen LogP contribution in [0.25, 0.3) is 0 Å². The topological polar surface area (TPSA) is 9.23 Å². The van der Waals surface area contributed by atoms with Crippen LogP contribution >= 0.6 is 0 Å². The van der Waals surface area contributed by atoms with Crippen LogP contribution < -0.4 is 5.46 Å². The molecule has 4 heteroatoms. The van der Waals surface area contributed by atoms with Crippen LogP contribution in [-0.4, -0.2) is 33.4 Å². The van der Waals surface area contributed by atoms with Gasteiger partial charge in [-0.3, -0.25) is 0 Å². The van der Waals surface area contributed by atoms with Crippen molar-refractivity contribution in [3.8, 4) is 0 Å². The molecule has 0 amide bonds. The van der Waals surface area contributed by atoms with Crippen LogP contribution in [0.2, 0.25) is 12.6 Å². The molecule has 0 spiro atoms. The van der Waals surface area contributed by atoms with Crippen LogP contribution in [0, 0.1) is 0 Å². The van der Waals surface area contributed by atoms with E-state index >= 15 is 0 Å². The van der Waals surface area contributed by atoms with Crippen molar-refractivity contribution in [1.82, 2.24) is 0 Å². The van der Waals surface area contributed by atoms with Gasteiger partial charge >= 0.3 is 0 Å². The number of rotatable bonds is 8. The second-order valence-electron chi connectivity index (χ2n) is 4.45. The zero-order valence-electron chi connectivity index (χ0n) is 11.4. The maximum atomic E-state index is 5.54. The first kappa shape index (κ1) is 14.4. The van der Waals surface area contributed by atoms with Crippen molar-refractivity contribution in [3.63, 3.8) is 0 Å². The lowest BCUT2D eigenvalue weighted by Crippen LogP contribution is -2.46. The SMILES string of the molecule is CCOCB([B]B(CC)c1ccccc1)CC. The van der Waals surface area contributed by atoms with Crippen LogP contribution in [0.3, 0.4) is 0 Å². The van der Waals surface area contributed by atoms with Crippen LogP contribution in [-0.2, 0) is 4.74 Å². The van der Waals surface area contributed by atoms with E-state index in [4.69, 9.17) is 4.74 Å². The molecule has 1 rings (SSSR count). The molecule has 0 saturated carbocycles. The maximum absolute atomic E-state index is 5.54. The predicted octanol–water partition coefficient (Wildman–Crippen LogP) is 2.20. The zero-order valence-corrected chi connectivity index (χ0v) is 11.4. The summed E-state index contributed by atoms with van der Waals surface area (Å²) in [6.07, 6.45) is 2.32. The third-order valence-corrected chi connectivity index (χ3v) is 3.23. The van der Waals surface area contributed by atoms with E-state index in [1.807, 2.05) is 0 Å². The second-order valence-corrected chi connectivity index (χ2v) is 4.45. The molecule has 0 heterocycles. The molecule has 1 aromatic rings. The quantitative estimate of drug-likeness (QED) is 0.618. The largest absolute Gasteiger partial charge is 0.391 e. The fourth-order valence-corrected chi connectivity index (χ4v) is 2.09. The third-order valence-electron chi connectivity index (χ3n) is 3.23. The molecule has 0 aliphatic carbocycles. The standard InChI is InChI=1S/C13H22B3O/c1-4-15(12-17-6-3)14-16(5-2)13-10-8-7-9-11-13/h7-11H,4-6,12H2,1-3H3. The average molecular weight is 227 g/mol. The summed E-state index contributed by atoms with van der Waals surface area (Å²) in [6, 6.07) is 10.8. The fourth-order valence-electron chi connectivity index (χ4n) is 2.09. The van der Waals surface area contributed by atoms with E-state index in [2.05, 4.69) is 58.2 Å². The van der Waals surface area contributed by atoms with E-state index in [1.165, 1.54) is 5.46 Å². The van der Waals surface area contributed by atoms with Gasteiger partial charge in [-0.1, -0.05) is 62.3 Å². The fraction of sp³-hybridized carbons (Fsp3) is 0.538. The first-order valence-electron chi connectivity index (χ1n) is 6.79. The molecule has 0 aliphatic rings. The summed E-state index contributed by atoms with van der Waals surface area (Å²) in [7, 11) is 2.46. The van der Waals surface area contributed by atoms with Crippen LogP contribution in [0.15, 0.2) is 30.3 Å². The first-order chi connectivity index (χ1) is 8.31. The van der Waals surface area contributed by atoms with Gasteiger partial charge in [-0.25, -0.2) is 0 Å². The Labute approximate surface area is 108 Å². The summed E-state index contributed by atoms with van der Waals surface area (Å²) in [5, 5.41) is 0. The molecule has 0 aliphatic heterocycles. The number of benzene rings is 1. The highest BCUT2D eigenvalue weighted by Crippen LogP contribution is 1.99. The molecular weight excluding hydrogens is 205 g/mol. The van der Waals surface area contributed by atoms with Crippen molar-refractivity contribution in [2.45, 2.75) is 33.4 Å². The van der Waals surface area contributed by atoms with Crippen LogP contribution in [0.4, 0.5) is 0 Å². The zero-order chi connectivity index (χ0) is 12.5. The van der Waals surface area contributed by atoms with Gasteiger partial charge in [0.15, 0.2) is 0 Å².